The molecule has 0 unspecified atom stereocenters. The molecule has 1 aliphatic carbocycles. The fourth-order valence-corrected chi connectivity index (χ4v) is 4.92. The molecule has 1 aromatic carbocycles. The topological polar surface area (TPSA) is 150 Å². The Bertz CT molecular complexity index is 1510. The summed E-state index contributed by atoms with van der Waals surface area (Å²) in [6, 6.07) is 6.62. The van der Waals surface area contributed by atoms with E-state index in [1.807, 2.05) is 24.3 Å². The highest BCUT2D eigenvalue weighted by Gasteiger charge is 2.30. The first kappa shape index (κ1) is 24.9. The largest absolute Gasteiger partial charge is 0.494 e. The van der Waals surface area contributed by atoms with Crippen LogP contribution >= 0.6 is 11.3 Å². The van der Waals surface area contributed by atoms with Crippen molar-refractivity contribution in [2.24, 2.45) is 5.92 Å². The second-order valence-corrected chi connectivity index (χ2v) is 10.6. The summed E-state index contributed by atoms with van der Waals surface area (Å²) in [5, 5.41) is 19.0. The van der Waals surface area contributed by atoms with Gasteiger partial charge < -0.3 is 30.9 Å². The number of ether oxygens (including phenoxy) is 1. The molecule has 3 amide bonds. The molecule has 4 rings (SSSR count). The molecule has 0 saturated heterocycles. The second-order valence-electron chi connectivity index (χ2n) is 9.57. The van der Waals surface area contributed by atoms with Crippen molar-refractivity contribution in [3.8, 4) is 16.3 Å². The van der Waals surface area contributed by atoms with Gasteiger partial charge in [-0.1, -0.05) is 6.07 Å². The molecular weight excluding hydrogens is 532 g/mol. The zero-order valence-corrected chi connectivity index (χ0v) is 23.6. The van der Waals surface area contributed by atoms with Crippen LogP contribution in [0.2, 0.25) is 0 Å². The molecular formula is C27H34N8O4S. The van der Waals surface area contributed by atoms with E-state index in [0.717, 1.165) is 25.8 Å². The first-order valence-corrected chi connectivity index (χ1v) is 13.5. The number of rotatable bonds is 12. The molecule has 0 spiro atoms. The van der Waals surface area contributed by atoms with Crippen molar-refractivity contribution >= 4 is 46.3 Å². The van der Waals surface area contributed by atoms with Gasteiger partial charge in [-0.05, 0) is 59.0 Å². The van der Waals surface area contributed by atoms with Crippen LogP contribution in [0.25, 0.3) is 10.6 Å². The van der Waals surface area contributed by atoms with E-state index in [1.54, 1.807) is 25.1 Å². The molecule has 4 N–H and O–H groups in total. The maximum absolute atomic E-state index is 12.9. The molecule has 2 heterocycles. The molecule has 0 atom stereocenters. The van der Waals surface area contributed by atoms with Crippen LogP contribution in [0.1, 0.15) is 49.2 Å². The SMILES string of the molecule is [2H]C([2H])([2H])NC(=O)c1nnc(NC(=O)C2CC2)cc1Nc1cccc(-c2nc(C)c(C(=O)NCCCN(C)C)s2)c1OC. The molecule has 1 fully saturated rings. The van der Waals surface area contributed by atoms with Gasteiger partial charge in [0.25, 0.3) is 11.8 Å². The lowest BCUT2D eigenvalue weighted by Crippen LogP contribution is -2.26. The number of aryl methyl sites for hydroxylation is 1. The molecule has 0 bridgehead atoms. The van der Waals surface area contributed by atoms with Crippen LogP contribution in [-0.4, -0.2) is 79.1 Å². The normalized spacial score (nSPS) is 14.1. The minimum Gasteiger partial charge on any atom is -0.494 e. The van der Waals surface area contributed by atoms with Gasteiger partial charge in [0, 0.05) is 29.6 Å². The Hall–Kier alpha value is -4.10. The summed E-state index contributed by atoms with van der Waals surface area (Å²) in [4.78, 5) is 45.1. The summed E-state index contributed by atoms with van der Waals surface area (Å²) < 4.78 is 28.0. The summed E-state index contributed by atoms with van der Waals surface area (Å²) in [6.45, 7) is 0.392. The smallest absolute Gasteiger partial charge is 0.273 e. The highest BCUT2D eigenvalue weighted by atomic mass is 32.1. The van der Waals surface area contributed by atoms with Gasteiger partial charge in [0.15, 0.2) is 17.3 Å². The van der Waals surface area contributed by atoms with Crippen LogP contribution in [-0.2, 0) is 4.79 Å². The number of thiazole rings is 1. The molecule has 1 saturated carbocycles. The third-order valence-electron chi connectivity index (χ3n) is 6.11. The highest BCUT2D eigenvalue weighted by molar-refractivity contribution is 7.17. The lowest BCUT2D eigenvalue weighted by molar-refractivity contribution is -0.117. The first-order chi connectivity index (χ1) is 20.4. The Labute approximate surface area is 241 Å². The Kier molecular flexibility index (Phi) is 7.99. The predicted octanol–water partition coefficient (Wildman–Crippen LogP) is 3.05. The van der Waals surface area contributed by atoms with Gasteiger partial charge in [-0.2, -0.15) is 0 Å². The van der Waals surface area contributed by atoms with Crippen LogP contribution in [0.3, 0.4) is 0 Å². The van der Waals surface area contributed by atoms with E-state index >= 15 is 0 Å². The maximum atomic E-state index is 12.9. The minimum atomic E-state index is -2.76. The lowest BCUT2D eigenvalue weighted by Gasteiger charge is -2.16. The first-order valence-electron chi connectivity index (χ1n) is 14.2. The summed E-state index contributed by atoms with van der Waals surface area (Å²) in [5.74, 6) is -1.05. The molecule has 12 nitrogen and oxygen atoms in total. The Balaban J connectivity index is 1.64. The molecule has 13 heteroatoms. The lowest BCUT2D eigenvalue weighted by atomic mass is 10.1. The molecule has 40 heavy (non-hydrogen) atoms. The van der Waals surface area contributed by atoms with E-state index in [2.05, 4.69) is 31.1 Å². The summed E-state index contributed by atoms with van der Waals surface area (Å²) in [6.07, 6.45) is 2.38. The van der Waals surface area contributed by atoms with E-state index < -0.39 is 12.9 Å². The van der Waals surface area contributed by atoms with Gasteiger partial charge in [-0.3, -0.25) is 14.4 Å². The Morgan fingerprint density at radius 1 is 1.18 bits per heavy atom. The summed E-state index contributed by atoms with van der Waals surface area (Å²) in [5.41, 5.74) is 1.35. The van der Waals surface area contributed by atoms with Crippen molar-refractivity contribution in [1.29, 1.82) is 0 Å². The fraction of sp³-hybridized carbons (Fsp3) is 0.407. The van der Waals surface area contributed by atoms with Crippen LogP contribution in [0.4, 0.5) is 17.2 Å². The number of aromatic nitrogens is 3. The monoisotopic (exact) mass is 569 g/mol. The van der Waals surface area contributed by atoms with Gasteiger partial charge in [0.2, 0.25) is 5.91 Å². The number of hydrogen-bond acceptors (Lipinski definition) is 10. The maximum Gasteiger partial charge on any atom is 0.273 e. The quantitative estimate of drug-likeness (QED) is 0.241. The molecule has 1 aliphatic rings. The molecule has 0 radical (unpaired) electrons. The standard InChI is InChI=1S/C27H34N8O4S/c1-15-23(26(38)29-12-7-13-35(3)4)40-27(30-15)17-8-6-9-18(22(17)39-5)31-19-14-20(32-24(36)16-10-11-16)33-34-21(19)25(37)28-2/h6,8-9,14,16H,7,10-13H2,1-5H3,(H,28,37)(H,29,38)(H2,31,32,33,36)/i2D3. The number of nitrogens with one attached hydrogen (secondary N) is 4. The Morgan fingerprint density at radius 2 is 1.98 bits per heavy atom. The van der Waals surface area contributed by atoms with Crippen molar-refractivity contribution in [2.75, 3.05) is 51.9 Å². The van der Waals surface area contributed by atoms with Crippen LogP contribution in [0.15, 0.2) is 24.3 Å². The summed E-state index contributed by atoms with van der Waals surface area (Å²) >= 11 is 1.22. The summed E-state index contributed by atoms with van der Waals surface area (Å²) in [7, 11) is 5.42. The number of methoxy groups -OCH3 is 1. The Morgan fingerprint density at radius 3 is 2.67 bits per heavy atom. The number of benzene rings is 1. The molecule has 2 aromatic heterocycles. The van der Waals surface area contributed by atoms with Crippen LogP contribution < -0.4 is 26.0 Å². The van der Waals surface area contributed by atoms with Crippen molar-refractivity contribution in [3.05, 3.63) is 40.5 Å². The number of para-hydroxylation sites is 1. The van der Waals surface area contributed by atoms with Crippen LogP contribution in [0.5, 0.6) is 5.75 Å². The number of carbonyl (C=O) groups is 3. The highest BCUT2D eigenvalue weighted by Crippen LogP contribution is 2.40. The number of nitrogens with zero attached hydrogens (tertiary/aromatic N) is 4. The average Bonchev–Trinajstić information content (AvgIpc) is 3.71. The third-order valence-corrected chi connectivity index (χ3v) is 7.30. The predicted molar refractivity (Wildman–Crippen MR) is 154 cm³/mol. The van der Waals surface area contributed by atoms with Gasteiger partial charge in [0.1, 0.15) is 9.88 Å². The van der Waals surface area contributed by atoms with Gasteiger partial charge >= 0.3 is 0 Å². The van der Waals surface area contributed by atoms with Gasteiger partial charge in [-0.15, -0.1) is 21.5 Å². The number of hydrogen-bond donors (Lipinski definition) is 4. The minimum absolute atomic E-state index is 0.0893. The molecule has 0 aliphatic heterocycles. The molecule has 3 aromatic rings. The van der Waals surface area contributed by atoms with Crippen LogP contribution in [0, 0.1) is 12.8 Å². The van der Waals surface area contributed by atoms with E-state index in [4.69, 9.17) is 8.85 Å². The number of anilines is 3. The van der Waals surface area contributed by atoms with E-state index in [-0.39, 0.29) is 34.9 Å². The second kappa shape index (κ2) is 12.8. The number of amides is 3. The van der Waals surface area contributed by atoms with Crippen molar-refractivity contribution in [3.63, 3.8) is 0 Å². The van der Waals surface area contributed by atoms with Crippen molar-refractivity contribution < 1.29 is 23.2 Å². The third kappa shape index (κ3) is 6.90. The fourth-order valence-electron chi connectivity index (χ4n) is 3.92. The van der Waals surface area contributed by atoms with Gasteiger partial charge in [0.05, 0.1) is 29.7 Å². The van der Waals surface area contributed by atoms with Crippen molar-refractivity contribution in [2.45, 2.75) is 26.2 Å². The van der Waals surface area contributed by atoms with Crippen molar-refractivity contribution in [1.82, 2.24) is 30.7 Å². The van der Waals surface area contributed by atoms with E-state index in [0.29, 0.717) is 39.1 Å². The van der Waals surface area contributed by atoms with E-state index in [1.165, 1.54) is 24.5 Å². The van der Waals surface area contributed by atoms with Gasteiger partial charge in [-0.25, -0.2) is 4.98 Å². The molecule has 212 valence electrons. The zero-order valence-electron chi connectivity index (χ0n) is 25.8. The average molecular weight is 570 g/mol. The van der Waals surface area contributed by atoms with E-state index in [9.17, 15) is 14.4 Å². The zero-order chi connectivity index (χ0) is 31.3. The number of carbonyl (C=O) groups excluding carboxylic acids is 3.